The smallest absolute Gasteiger partial charge is 0.165 e. The Morgan fingerprint density at radius 1 is 0.328 bits per heavy atom. The summed E-state index contributed by atoms with van der Waals surface area (Å²) in [5, 5.41) is 9.95. The lowest BCUT2D eigenvalue weighted by atomic mass is 10.1. The summed E-state index contributed by atoms with van der Waals surface area (Å²) in [6, 6.07) is 71.8. The van der Waals surface area contributed by atoms with Crippen LogP contribution in [0.25, 0.3) is 129 Å². The summed E-state index contributed by atoms with van der Waals surface area (Å²) >= 11 is 3.71. The molecular formula is C57H33N5S2. The molecule has 0 aliphatic rings. The second kappa shape index (κ2) is 13.8. The summed E-state index contributed by atoms with van der Waals surface area (Å²) in [7, 11) is 0. The summed E-state index contributed by atoms with van der Waals surface area (Å²) in [5.41, 5.74) is 9.96. The fourth-order valence-corrected chi connectivity index (χ4v) is 12.5. The van der Waals surface area contributed by atoms with Gasteiger partial charge < -0.3 is 9.13 Å². The Hall–Kier alpha value is -7.97. The molecule has 0 bridgehead atoms. The minimum absolute atomic E-state index is 0.655. The lowest BCUT2D eigenvalue weighted by molar-refractivity contribution is 1.08. The van der Waals surface area contributed by atoms with Gasteiger partial charge in [0, 0.05) is 79.6 Å². The number of aromatic nitrogens is 5. The van der Waals surface area contributed by atoms with Crippen LogP contribution in [0.5, 0.6) is 0 Å². The Morgan fingerprint density at radius 3 is 1.61 bits per heavy atom. The summed E-state index contributed by atoms with van der Waals surface area (Å²) in [5.74, 6) is 1.97. The van der Waals surface area contributed by atoms with Crippen molar-refractivity contribution in [2.24, 2.45) is 0 Å². The number of thiophene rings is 2. The van der Waals surface area contributed by atoms with Crippen LogP contribution in [-0.4, -0.2) is 24.1 Å². The van der Waals surface area contributed by atoms with E-state index in [1.807, 2.05) is 59.1 Å². The number of para-hydroxylation sites is 2. The third kappa shape index (κ3) is 5.19. The average Bonchev–Trinajstić information content (AvgIpc) is 4.12. The van der Waals surface area contributed by atoms with Crippen molar-refractivity contribution in [2.45, 2.75) is 0 Å². The molecule has 9 aromatic carbocycles. The average molecular weight is 852 g/mol. The van der Waals surface area contributed by atoms with Crippen LogP contribution in [-0.2, 0) is 0 Å². The predicted molar refractivity (Wildman–Crippen MR) is 271 cm³/mol. The molecule has 0 aliphatic carbocycles. The van der Waals surface area contributed by atoms with Crippen molar-refractivity contribution in [3.8, 4) is 45.5 Å². The van der Waals surface area contributed by atoms with Crippen molar-refractivity contribution in [3.05, 3.63) is 200 Å². The van der Waals surface area contributed by atoms with Crippen LogP contribution < -0.4 is 0 Å². The second-order valence-corrected chi connectivity index (χ2v) is 18.4. The summed E-state index contributed by atoms with van der Waals surface area (Å²) < 4.78 is 9.92. The van der Waals surface area contributed by atoms with Gasteiger partial charge in [-0.25, -0.2) is 15.0 Å². The van der Waals surface area contributed by atoms with Gasteiger partial charge in [-0.1, -0.05) is 152 Å². The molecule has 0 aliphatic heterocycles. The van der Waals surface area contributed by atoms with Gasteiger partial charge in [-0.2, -0.15) is 0 Å². The molecule has 0 atom stereocenters. The Balaban J connectivity index is 1.07. The normalized spacial score (nSPS) is 12.1. The number of hydrogen-bond acceptors (Lipinski definition) is 5. The third-order valence-electron chi connectivity index (χ3n) is 12.8. The van der Waals surface area contributed by atoms with Crippen molar-refractivity contribution in [1.29, 1.82) is 0 Å². The first kappa shape index (κ1) is 35.6. The molecule has 14 rings (SSSR count). The molecule has 5 aromatic heterocycles. The largest absolute Gasteiger partial charge is 0.309 e. The van der Waals surface area contributed by atoms with Gasteiger partial charge in [-0.3, -0.25) is 0 Å². The number of fused-ring (bicyclic) bond motifs is 13. The van der Waals surface area contributed by atoms with Crippen molar-refractivity contribution in [1.82, 2.24) is 24.1 Å². The summed E-state index contributed by atoms with van der Waals surface area (Å²) in [6.45, 7) is 0. The van der Waals surface area contributed by atoms with E-state index in [-0.39, 0.29) is 0 Å². The van der Waals surface area contributed by atoms with E-state index in [4.69, 9.17) is 15.0 Å². The van der Waals surface area contributed by atoms with Crippen molar-refractivity contribution < 1.29 is 0 Å². The van der Waals surface area contributed by atoms with E-state index in [9.17, 15) is 0 Å². The van der Waals surface area contributed by atoms with Crippen molar-refractivity contribution >= 4 is 107 Å². The van der Waals surface area contributed by atoms with E-state index in [1.165, 1.54) is 84.9 Å². The number of rotatable bonds is 5. The van der Waals surface area contributed by atoms with E-state index in [2.05, 4.69) is 173 Å². The van der Waals surface area contributed by atoms with E-state index in [1.54, 1.807) is 0 Å². The van der Waals surface area contributed by atoms with E-state index < -0.39 is 0 Å². The standard InChI is InChI=1S/C57H33N5S2/c1-3-15-34(16-4-1)55-58-56(35-17-5-2-6-18-35)60-57(59-55)44-24-13-22-41-42-31-32-47-51(54(42)64-52(41)44)43-30-29-36(61-45-25-10-7-19-37(45)38-20-8-11-26-46(38)61)33-49(43)62(47)48-27-14-23-40-39-21-9-12-28-50(39)63-53(40)48/h1-33H. The third-order valence-corrected chi connectivity index (χ3v) is 15.3. The molecule has 0 saturated carbocycles. The van der Waals surface area contributed by atoms with E-state index >= 15 is 0 Å². The van der Waals surface area contributed by atoms with Crippen LogP contribution in [0, 0.1) is 0 Å². The quantitative estimate of drug-likeness (QED) is 0.173. The highest BCUT2D eigenvalue weighted by molar-refractivity contribution is 7.27. The fourth-order valence-electron chi connectivity index (χ4n) is 9.96. The lowest BCUT2D eigenvalue weighted by Gasteiger charge is -2.12. The molecule has 0 fully saturated rings. The molecule has 0 unspecified atom stereocenters. The Bertz CT molecular complexity index is 4090. The number of nitrogens with zero attached hydrogens (tertiary/aromatic N) is 5. The molecule has 14 aromatic rings. The van der Waals surface area contributed by atoms with Gasteiger partial charge in [0.15, 0.2) is 17.5 Å². The molecule has 0 N–H and O–H groups in total. The first-order valence-corrected chi connectivity index (χ1v) is 23.1. The highest BCUT2D eigenvalue weighted by atomic mass is 32.1. The van der Waals surface area contributed by atoms with Gasteiger partial charge >= 0.3 is 0 Å². The van der Waals surface area contributed by atoms with Crippen molar-refractivity contribution in [3.63, 3.8) is 0 Å². The maximum absolute atomic E-state index is 5.18. The highest BCUT2D eigenvalue weighted by Gasteiger charge is 2.23. The molecule has 0 saturated heterocycles. The lowest BCUT2D eigenvalue weighted by Crippen LogP contribution is -2.00. The summed E-state index contributed by atoms with van der Waals surface area (Å²) in [4.78, 5) is 15.4. The van der Waals surface area contributed by atoms with E-state index in [0.29, 0.717) is 17.5 Å². The molecule has 0 spiro atoms. The molecule has 0 radical (unpaired) electrons. The molecule has 7 heteroatoms. The minimum atomic E-state index is 0.655. The van der Waals surface area contributed by atoms with Crippen LogP contribution in [0.15, 0.2) is 200 Å². The van der Waals surface area contributed by atoms with Crippen LogP contribution in [0.1, 0.15) is 0 Å². The zero-order valence-electron chi connectivity index (χ0n) is 34.1. The first-order valence-electron chi connectivity index (χ1n) is 21.4. The minimum Gasteiger partial charge on any atom is -0.309 e. The van der Waals surface area contributed by atoms with Crippen LogP contribution in [0.2, 0.25) is 0 Å². The maximum Gasteiger partial charge on any atom is 0.165 e. The van der Waals surface area contributed by atoms with Crippen LogP contribution >= 0.6 is 22.7 Å². The molecule has 5 nitrogen and oxygen atoms in total. The van der Waals surface area contributed by atoms with Crippen LogP contribution in [0.3, 0.4) is 0 Å². The fraction of sp³-hybridized carbons (Fsp3) is 0. The second-order valence-electron chi connectivity index (χ2n) is 16.3. The molecule has 0 amide bonds. The molecular weight excluding hydrogens is 819 g/mol. The Morgan fingerprint density at radius 2 is 0.891 bits per heavy atom. The van der Waals surface area contributed by atoms with Gasteiger partial charge in [-0.05, 0) is 48.5 Å². The van der Waals surface area contributed by atoms with Gasteiger partial charge in [0.25, 0.3) is 0 Å². The van der Waals surface area contributed by atoms with E-state index in [0.717, 1.165) is 27.1 Å². The van der Waals surface area contributed by atoms with Gasteiger partial charge in [-0.15, -0.1) is 22.7 Å². The topological polar surface area (TPSA) is 48.5 Å². The monoisotopic (exact) mass is 851 g/mol. The highest BCUT2D eigenvalue weighted by Crippen LogP contribution is 2.48. The van der Waals surface area contributed by atoms with Gasteiger partial charge in [0.05, 0.1) is 32.5 Å². The zero-order chi connectivity index (χ0) is 41.9. The van der Waals surface area contributed by atoms with Gasteiger partial charge in [0.1, 0.15) is 0 Å². The maximum atomic E-state index is 5.18. The molecule has 298 valence electrons. The number of hydrogen-bond donors (Lipinski definition) is 0. The van der Waals surface area contributed by atoms with Crippen LogP contribution in [0.4, 0.5) is 0 Å². The molecule has 5 heterocycles. The SMILES string of the molecule is c1ccc(-c2nc(-c3ccccc3)nc(-c3cccc4c3sc3c4ccc4c3c3ccc(-n5c6ccccc6c6ccccc65)cc3n4-c3cccc4c3sc3ccccc34)n2)cc1. The van der Waals surface area contributed by atoms with Gasteiger partial charge in [0.2, 0.25) is 0 Å². The predicted octanol–water partition coefficient (Wildman–Crippen LogP) is 15.8. The number of benzene rings is 9. The summed E-state index contributed by atoms with van der Waals surface area (Å²) in [6.07, 6.45) is 0. The zero-order valence-corrected chi connectivity index (χ0v) is 35.7. The first-order chi connectivity index (χ1) is 31.7. The Kier molecular flexibility index (Phi) is 7.66. The molecule has 64 heavy (non-hydrogen) atoms. The van der Waals surface area contributed by atoms with Crippen molar-refractivity contribution in [2.75, 3.05) is 0 Å². The Labute approximate surface area is 374 Å².